The highest BCUT2D eigenvalue weighted by atomic mass is 16.2. The molecule has 0 unspecified atom stereocenters. The van der Waals surface area contributed by atoms with Crippen LogP contribution in [-0.4, -0.2) is 16.0 Å². The lowest BCUT2D eigenvalue weighted by atomic mass is 10.1. The van der Waals surface area contributed by atoms with Gasteiger partial charge in [0.2, 0.25) is 0 Å². The topological polar surface area (TPSA) is 77.8 Å². The number of fused-ring (bicyclic) bond motifs is 1. The van der Waals surface area contributed by atoms with Crippen molar-refractivity contribution in [3.8, 4) is 0 Å². The van der Waals surface area contributed by atoms with Crippen molar-refractivity contribution in [3.63, 3.8) is 0 Å². The fraction of sp³-hybridized carbons (Fsp3) is 0.467. The molecule has 0 fully saturated rings. The van der Waals surface area contributed by atoms with E-state index < -0.39 is 11.1 Å². The normalized spacial score (nSPS) is 11.2. The van der Waals surface area contributed by atoms with Crippen LogP contribution in [0, 0.1) is 0 Å². The Morgan fingerprint density at radius 2 is 1.60 bits per heavy atom. The Kier molecular flexibility index (Phi) is 4.61. The number of nitrogens with one attached hydrogen (secondary N) is 3. The van der Waals surface area contributed by atoms with E-state index in [9.17, 15) is 9.59 Å². The van der Waals surface area contributed by atoms with Gasteiger partial charge in [-0.2, -0.15) is 0 Å². The molecule has 2 aromatic rings. The molecule has 0 amide bonds. The third-order valence-electron chi connectivity index (χ3n) is 3.37. The average molecular weight is 275 g/mol. The zero-order valence-electron chi connectivity index (χ0n) is 12.0. The van der Waals surface area contributed by atoms with E-state index in [-0.39, 0.29) is 0 Å². The van der Waals surface area contributed by atoms with E-state index in [1.165, 1.54) is 0 Å². The molecule has 0 aliphatic rings. The van der Waals surface area contributed by atoms with Crippen LogP contribution >= 0.6 is 0 Å². The van der Waals surface area contributed by atoms with Gasteiger partial charge < -0.3 is 15.3 Å². The molecule has 108 valence electrons. The molecule has 2 rings (SSSR count). The molecule has 1 aromatic heterocycles. The maximum Gasteiger partial charge on any atom is 0.314 e. The molecule has 3 N–H and O–H groups in total. The van der Waals surface area contributed by atoms with Crippen LogP contribution in [0.25, 0.3) is 11.0 Å². The Morgan fingerprint density at radius 1 is 1.00 bits per heavy atom. The largest absolute Gasteiger partial charge is 0.382 e. The van der Waals surface area contributed by atoms with Gasteiger partial charge in [0.1, 0.15) is 0 Å². The van der Waals surface area contributed by atoms with Crippen molar-refractivity contribution in [2.24, 2.45) is 0 Å². The smallest absolute Gasteiger partial charge is 0.314 e. The third kappa shape index (κ3) is 3.29. The summed E-state index contributed by atoms with van der Waals surface area (Å²) >= 11 is 0. The third-order valence-corrected chi connectivity index (χ3v) is 3.37. The number of hydrogen-bond acceptors (Lipinski definition) is 3. The molecule has 0 bridgehead atoms. The first kappa shape index (κ1) is 14.4. The Hall–Kier alpha value is -2.04. The van der Waals surface area contributed by atoms with Crippen LogP contribution in [-0.2, 0) is 0 Å². The first-order valence-electron chi connectivity index (χ1n) is 7.17. The fourth-order valence-corrected chi connectivity index (χ4v) is 2.43. The Morgan fingerprint density at radius 3 is 2.20 bits per heavy atom. The second kappa shape index (κ2) is 6.41. The fourth-order valence-electron chi connectivity index (χ4n) is 2.43. The summed E-state index contributed by atoms with van der Waals surface area (Å²) in [5, 5.41) is 3.49. The lowest BCUT2D eigenvalue weighted by Gasteiger charge is -2.18. The van der Waals surface area contributed by atoms with Gasteiger partial charge in [0.15, 0.2) is 0 Å². The van der Waals surface area contributed by atoms with Crippen molar-refractivity contribution in [2.45, 2.75) is 45.6 Å². The van der Waals surface area contributed by atoms with Gasteiger partial charge in [-0.05, 0) is 31.0 Å². The van der Waals surface area contributed by atoms with Crippen molar-refractivity contribution in [3.05, 3.63) is 38.9 Å². The first-order valence-corrected chi connectivity index (χ1v) is 7.17. The summed E-state index contributed by atoms with van der Waals surface area (Å²) in [5.74, 6) is 0. The Bertz CT molecular complexity index is 681. The Balaban J connectivity index is 2.28. The Labute approximate surface area is 117 Å². The van der Waals surface area contributed by atoms with E-state index in [0.717, 1.165) is 31.4 Å². The summed E-state index contributed by atoms with van der Waals surface area (Å²) in [4.78, 5) is 27.8. The van der Waals surface area contributed by atoms with Crippen molar-refractivity contribution >= 4 is 16.7 Å². The van der Waals surface area contributed by atoms with Crippen LogP contribution in [0.1, 0.15) is 39.5 Å². The summed E-state index contributed by atoms with van der Waals surface area (Å²) in [6.07, 6.45) is 4.51. The molecule has 0 spiro atoms. The minimum absolute atomic E-state index is 0.442. The minimum Gasteiger partial charge on any atom is -0.382 e. The molecule has 5 nitrogen and oxygen atoms in total. The number of hydrogen-bond donors (Lipinski definition) is 3. The predicted molar refractivity (Wildman–Crippen MR) is 82.4 cm³/mol. The highest BCUT2D eigenvalue weighted by Gasteiger charge is 2.07. The van der Waals surface area contributed by atoms with Gasteiger partial charge in [0.05, 0.1) is 11.0 Å². The van der Waals surface area contributed by atoms with Gasteiger partial charge >= 0.3 is 11.1 Å². The molecule has 0 aliphatic heterocycles. The van der Waals surface area contributed by atoms with Gasteiger partial charge in [-0.25, -0.2) is 0 Å². The van der Waals surface area contributed by atoms with Gasteiger partial charge in [-0.3, -0.25) is 9.59 Å². The zero-order chi connectivity index (χ0) is 14.5. The van der Waals surface area contributed by atoms with Gasteiger partial charge in [0.25, 0.3) is 0 Å². The maximum absolute atomic E-state index is 11.4. The van der Waals surface area contributed by atoms with Crippen LogP contribution in [0.3, 0.4) is 0 Å². The standard InChI is InChI=1S/C15H21N3O2/c1-3-5-10(6-4-2)16-11-7-8-12-13(9-11)18-15(20)14(19)17-12/h7-10,16H,3-6H2,1-2H3,(H,17,19)(H,18,20). The van der Waals surface area contributed by atoms with E-state index in [4.69, 9.17) is 0 Å². The van der Waals surface area contributed by atoms with Crippen molar-refractivity contribution in [1.29, 1.82) is 0 Å². The SMILES string of the molecule is CCCC(CCC)Nc1ccc2[nH]c(=O)c(=O)[nH]c2c1. The predicted octanol–water partition coefficient (Wildman–Crippen LogP) is 2.60. The van der Waals surface area contributed by atoms with E-state index in [0.29, 0.717) is 17.1 Å². The molecule has 0 saturated carbocycles. The first-order chi connectivity index (χ1) is 9.63. The summed E-state index contributed by atoms with van der Waals surface area (Å²) in [7, 11) is 0. The van der Waals surface area contributed by atoms with Crippen LogP contribution in [0.4, 0.5) is 5.69 Å². The minimum atomic E-state index is -0.618. The van der Waals surface area contributed by atoms with Crippen LogP contribution in [0.2, 0.25) is 0 Å². The summed E-state index contributed by atoms with van der Waals surface area (Å²) in [6, 6.07) is 6.04. The average Bonchev–Trinajstić information content (AvgIpc) is 2.41. The van der Waals surface area contributed by atoms with E-state index >= 15 is 0 Å². The van der Waals surface area contributed by atoms with Crippen molar-refractivity contribution in [2.75, 3.05) is 5.32 Å². The number of rotatable bonds is 6. The highest BCUT2D eigenvalue weighted by molar-refractivity contribution is 5.78. The van der Waals surface area contributed by atoms with Crippen LogP contribution in [0.5, 0.6) is 0 Å². The molecule has 20 heavy (non-hydrogen) atoms. The summed E-state index contributed by atoms with van der Waals surface area (Å²) in [5.41, 5.74) is 1.02. The molecule has 5 heteroatoms. The quantitative estimate of drug-likeness (QED) is 0.709. The number of aromatic amines is 2. The molecular weight excluding hydrogens is 254 g/mol. The molecule has 0 saturated heterocycles. The second-order valence-corrected chi connectivity index (χ2v) is 5.09. The molecule has 0 aliphatic carbocycles. The van der Waals surface area contributed by atoms with E-state index in [2.05, 4.69) is 29.1 Å². The number of H-pyrrole nitrogens is 2. The number of benzene rings is 1. The monoisotopic (exact) mass is 275 g/mol. The van der Waals surface area contributed by atoms with Crippen LogP contribution in [0.15, 0.2) is 27.8 Å². The molecule has 1 heterocycles. The van der Waals surface area contributed by atoms with E-state index in [1.54, 1.807) is 0 Å². The summed E-state index contributed by atoms with van der Waals surface area (Å²) in [6.45, 7) is 4.35. The molecular formula is C15H21N3O2. The van der Waals surface area contributed by atoms with Crippen molar-refractivity contribution < 1.29 is 0 Å². The van der Waals surface area contributed by atoms with Gasteiger partial charge in [0, 0.05) is 11.7 Å². The highest BCUT2D eigenvalue weighted by Crippen LogP contribution is 2.17. The van der Waals surface area contributed by atoms with Crippen molar-refractivity contribution in [1.82, 2.24) is 9.97 Å². The van der Waals surface area contributed by atoms with Gasteiger partial charge in [-0.1, -0.05) is 26.7 Å². The zero-order valence-corrected chi connectivity index (χ0v) is 12.0. The lowest BCUT2D eigenvalue weighted by Crippen LogP contribution is -2.29. The number of aromatic nitrogens is 2. The second-order valence-electron chi connectivity index (χ2n) is 5.09. The summed E-state index contributed by atoms with van der Waals surface area (Å²) < 4.78 is 0. The molecule has 0 radical (unpaired) electrons. The molecule has 0 atom stereocenters. The van der Waals surface area contributed by atoms with Gasteiger partial charge in [-0.15, -0.1) is 0 Å². The maximum atomic E-state index is 11.4. The van der Waals surface area contributed by atoms with Crippen LogP contribution < -0.4 is 16.4 Å². The lowest BCUT2D eigenvalue weighted by molar-refractivity contribution is 0.586. The number of anilines is 1. The van der Waals surface area contributed by atoms with E-state index in [1.807, 2.05) is 18.2 Å². The molecule has 1 aromatic carbocycles.